The molecule has 7 heteroatoms. The Hall–Kier alpha value is -0.980. The number of sulfone groups is 1. The molecule has 1 N–H and O–H groups in total. The van der Waals surface area contributed by atoms with Gasteiger partial charge < -0.3 is 14.8 Å². The average Bonchev–Trinajstić information content (AvgIpc) is 2.63. The lowest BCUT2D eigenvalue weighted by Crippen LogP contribution is -2.33. The zero-order valence-electron chi connectivity index (χ0n) is 12.3. The number of nitrogens with one attached hydrogen (secondary N) is 1. The molecule has 2 atom stereocenters. The maximum atomic E-state index is 11.8. The molecule has 5 nitrogen and oxygen atoms in total. The fourth-order valence-electron chi connectivity index (χ4n) is 2.33. The van der Waals surface area contributed by atoms with Crippen molar-refractivity contribution < 1.29 is 17.9 Å². The summed E-state index contributed by atoms with van der Waals surface area (Å²) in [5, 5.41) is 2.89. The monoisotopic (exact) mass is 333 g/mol. The van der Waals surface area contributed by atoms with Crippen LogP contribution in [0.25, 0.3) is 0 Å². The third kappa shape index (κ3) is 3.62. The summed E-state index contributed by atoms with van der Waals surface area (Å²) in [6, 6.07) is 3.05. The normalized spacial score (nSPS) is 17.9. The number of ether oxygens (including phenoxy) is 2. The minimum Gasteiger partial charge on any atom is -0.490 e. The van der Waals surface area contributed by atoms with E-state index in [9.17, 15) is 8.42 Å². The molecule has 1 heterocycles. The van der Waals surface area contributed by atoms with E-state index in [-0.39, 0.29) is 0 Å². The van der Waals surface area contributed by atoms with Crippen LogP contribution >= 0.6 is 11.6 Å². The van der Waals surface area contributed by atoms with Gasteiger partial charge in [-0.2, -0.15) is 0 Å². The third-order valence-corrected chi connectivity index (χ3v) is 5.61. The van der Waals surface area contributed by atoms with Crippen LogP contribution in [0.3, 0.4) is 0 Å². The Labute approximate surface area is 130 Å². The maximum absolute atomic E-state index is 11.8. The summed E-state index contributed by atoms with van der Waals surface area (Å²) in [5.74, 6) is 1.20. The zero-order chi connectivity index (χ0) is 15.6. The fraction of sp³-hybridized carbons (Fsp3) is 0.571. The summed E-state index contributed by atoms with van der Waals surface area (Å²) in [6.07, 6.45) is 2.02. The molecule has 1 aromatic carbocycles. The van der Waals surface area contributed by atoms with Gasteiger partial charge in [0.15, 0.2) is 21.3 Å². The van der Waals surface area contributed by atoms with E-state index >= 15 is 0 Å². The van der Waals surface area contributed by atoms with Gasteiger partial charge in [0.1, 0.15) is 0 Å². The van der Waals surface area contributed by atoms with Gasteiger partial charge >= 0.3 is 0 Å². The summed E-state index contributed by atoms with van der Waals surface area (Å²) < 4.78 is 34.9. The summed E-state index contributed by atoms with van der Waals surface area (Å²) >= 11 is 6.31. The van der Waals surface area contributed by atoms with Crippen molar-refractivity contribution in [3.05, 3.63) is 22.7 Å². The Morgan fingerprint density at radius 3 is 2.33 bits per heavy atom. The maximum Gasteiger partial charge on any atom is 0.162 e. The number of halogens is 1. The molecule has 21 heavy (non-hydrogen) atoms. The molecule has 0 saturated heterocycles. The third-order valence-electron chi connectivity index (χ3n) is 3.66. The average molecular weight is 334 g/mol. The lowest BCUT2D eigenvalue weighted by Gasteiger charge is -2.24. The first kappa shape index (κ1) is 16.4. The topological polar surface area (TPSA) is 64.6 Å². The van der Waals surface area contributed by atoms with Gasteiger partial charge in [-0.15, -0.1) is 0 Å². The van der Waals surface area contributed by atoms with Crippen LogP contribution in [0.5, 0.6) is 11.5 Å². The van der Waals surface area contributed by atoms with Gasteiger partial charge in [-0.25, -0.2) is 8.42 Å². The predicted octanol–water partition coefficient (Wildman–Crippen LogP) is 2.19. The molecule has 0 bridgehead atoms. The van der Waals surface area contributed by atoms with Crippen molar-refractivity contribution in [3.8, 4) is 11.5 Å². The Morgan fingerprint density at radius 1 is 1.24 bits per heavy atom. The number of rotatable bonds is 4. The molecule has 2 unspecified atom stereocenters. The lowest BCUT2D eigenvalue weighted by molar-refractivity contribution is 0.297. The number of hydrogen-bond donors (Lipinski definition) is 1. The van der Waals surface area contributed by atoms with Crippen molar-refractivity contribution >= 4 is 21.4 Å². The van der Waals surface area contributed by atoms with Gasteiger partial charge in [-0.05, 0) is 25.6 Å². The van der Waals surface area contributed by atoms with Gasteiger partial charge in [0.05, 0.1) is 24.5 Å². The first-order valence-corrected chi connectivity index (χ1v) is 9.13. The van der Waals surface area contributed by atoms with Crippen LogP contribution in [0, 0.1) is 0 Å². The lowest BCUT2D eigenvalue weighted by atomic mass is 10.0. The Balaban J connectivity index is 2.45. The predicted molar refractivity (Wildman–Crippen MR) is 83.2 cm³/mol. The van der Waals surface area contributed by atoms with Gasteiger partial charge in [0, 0.05) is 23.8 Å². The largest absolute Gasteiger partial charge is 0.490 e. The van der Waals surface area contributed by atoms with Crippen molar-refractivity contribution in [2.75, 3.05) is 26.5 Å². The molecular weight excluding hydrogens is 314 g/mol. The van der Waals surface area contributed by atoms with E-state index in [1.165, 1.54) is 6.26 Å². The smallest absolute Gasteiger partial charge is 0.162 e. The van der Waals surface area contributed by atoms with Crippen LogP contribution < -0.4 is 14.8 Å². The minimum atomic E-state index is -3.20. The minimum absolute atomic E-state index is 0.412. The first-order valence-electron chi connectivity index (χ1n) is 6.79. The number of benzene rings is 1. The molecule has 0 radical (unpaired) electrons. The molecule has 1 aromatic rings. The summed E-state index contributed by atoms with van der Waals surface area (Å²) in [6.45, 7) is 2.81. The second kappa shape index (κ2) is 6.42. The summed E-state index contributed by atoms with van der Waals surface area (Å²) in [5.41, 5.74) is 0.696. The Bertz CT molecular complexity index is 618. The number of hydrogen-bond acceptors (Lipinski definition) is 5. The molecule has 2 rings (SSSR count). The van der Waals surface area contributed by atoms with Gasteiger partial charge in [0.2, 0.25) is 0 Å². The molecule has 0 spiro atoms. The van der Waals surface area contributed by atoms with E-state index in [1.807, 2.05) is 0 Å². The molecule has 0 saturated carbocycles. The summed E-state index contributed by atoms with van der Waals surface area (Å²) in [4.78, 5) is 0. The quantitative estimate of drug-likeness (QED) is 0.915. The molecule has 0 amide bonds. The van der Waals surface area contributed by atoms with E-state index in [0.29, 0.717) is 35.3 Å². The van der Waals surface area contributed by atoms with Crippen molar-refractivity contribution in [2.24, 2.45) is 0 Å². The first-order chi connectivity index (χ1) is 9.84. The van der Waals surface area contributed by atoms with Crippen LogP contribution in [0.1, 0.15) is 24.9 Å². The van der Waals surface area contributed by atoms with Gasteiger partial charge in [-0.3, -0.25) is 0 Å². The molecule has 0 aromatic heterocycles. The highest BCUT2D eigenvalue weighted by Gasteiger charge is 2.29. The van der Waals surface area contributed by atoms with E-state index < -0.39 is 21.1 Å². The van der Waals surface area contributed by atoms with Gasteiger partial charge in [-0.1, -0.05) is 11.6 Å². The van der Waals surface area contributed by atoms with E-state index in [2.05, 4.69) is 5.32 Å². The van der Waals surface area contributed by atoms with Crippen molar-refractivity contribution in [3.63, 3.8) is 0 Å². The fourth-order valence-corrected chi connectivity index (χ4v) is 3.38. The molecule has 118 valence electrons. The molecule has 1 aliphatic rings. The van der Waals surface area contributed by atoms with Crippen molar-refractivity contribution in [1.82, 2.24) is 5.32 Å². The highest BCUT2D eigenvalue weighted by atomic mass is 35.5. The van der Waals surface area contributed by atoms with Crippen LogP contribution in [0.2, 0.25) is 5.02 Å². The van der Waals surface area contributed by atoms with E-state index in [1.54, 1.807) is 26.1 Å². The molecule has 1 aliphatic heterocycles. The molecular formula is C14H20ClNO4S. The van der Waals surface area contributed by atoms with Crippen LogP contribution in [-0.2, 0) is 9.84 Å². The zero-order valence-corrected chi connectivity index (χ0v) is 13.9. The van der Waals surface area contributed by atoms with E-state index in [4.69, 9.17) is 21.1 Å². The molecule has 0 fully saturated rings. The SMILES string of the molecule is CNC(c1cc2c(cc1Cl)OCCCO2)C(C)S(C)(=O)=O. The second-order valence-electron chi connectivity index (χ2n) is 5.17. The standard InChI is InChI=1S/C14H20ClNO4S/c1-9(21(3,17)18)14(16-2)10-7-12-13(8-11(10)15)20-6-4-5-19-12/h7-9,14,16H,4-6H2,1-3H3. The van der Waals surface area contributed by atoms with Crippen molar-refractivity contribution in [2.45, 2.75) is 24.6 Å². The summed E-state index contributed by atoms with van der Waals surface area (Å²) in [7, 11) is -1.49. The Kier molecular flexibility index (Phi) is 5.01. The number of fused-ring (bicyclic) bond motifs is 1. The van der Waals surface area contributed by atoms with Crippen LogP contribution in [0.15, 0.2) is 12.1 Å². The van der Waals surface area contributed by atoms with Crippen LogP contribution in [0.4, 0.5) is 0 Å². The van der Waals surface area contributed by atoms with Crippen molar-refractivity contribution in [1.29, 1.82) is 0 Å². The molecule has 0 aliphatic carbocycles. The Morgan fingerprint density at radius 2 is 1.81 bits per heavy atom. The van der Waals surface area contributed by atoms with Gasteiger partial charge in [0.25, 0.3) is 0 Å². The van der Waals surface area contributed by atoms with Crippen LogP contribution in [-0.4, -0.2) is 40.2 Å². The second-order valence-corrected chi connectivity index (χ2v) is 7.98. The highest BCUT2D eigenvalue weighted by Crippen LogP contribution is 2.38. The highest BCUT2D eigenvalue weighted by molar-refractivity contribution is 7.91. The van der Waals surface area contributed by atoms with E-state index in [0.717, 1.165) is 6.42 Å².